The van der Waals surface area contributed by atoms with E-state index in [-0.39, 0.29) is 0 Å². The Balaban J connectivity index is 2.66. The molecule has 0 aromatic carbocycles. The largest absolute Gasteiger partial charge is 0.326 e. The van der Waals surface area contributed by atoms with Gasteiger partial charge in [-0.05, 0) is 43.6 Å². The van der Waals surface area contributed by atoms with Gasteiger partial charge in [0.05, 0.1) is 0 Å². The Labute approximate surface area is 114 Å². The van der Waals surface area contributed by atoms with Crippen LogP contribution >= 0.6 is 0 Å². The summed E-state index contributed by atoms with van der Waals surface area (Å²) in [7, 11) is 2.26. The molecule has 0 aromatic heterocycles. The fourth-order valence-electron chi connectivity index (χ4n) is 3.39. The molecule has 0 heterocycles. The lowest BCUT2D eigenvalue weighted by Crippen LogP contribution is -2.52. The number of hydrogen-bond acceptors (Lipinski definition) is 2. The minimum Gasteiger partial charge on any atom is -0.326 e. The number of hydrogen-bond donors (Lipinski definition) is 1. The average Bonchev–Trinajstić information content (AvgIpc) is 2.28. The standard InChI is InChI=1S/C16H34N2/c1-7-16(4,5)13-8-9-14(17)15(10-13)18(6)11-12(2)3/h12-15H,7-11,17H2,1-6H3. The number of rotatable bonds is 5. The predicted octanol–water partition coefficient (Wildman–Crippen LogP) is 3.51. The summed E-state index contributed by atoms with van der Waals surface area (Å²) >= 11 is 0. The molecule has 0 bridgehead atoms. The van der Waals surface area contributed by atoms with Crippen LogP contribution in [0, 0.1) is 17.3 Å². The summed E-state index contributed by atoms with van der Waals surface area (Å²) in [6, 6.07) is 0.953. The van der Waals surface area contributed by atoms with E-state index in [1.54, 1.807) is 0 Å². The molecule has 1 saturated carbocycles. The van der Waals surface area contributed by atoms with Gasteiger partial charge in [-0.25, -0.2) is 0 Å². The van der Waals surface area contributed by atoms with Crippen molar-refractivity contribution in [3.8, 4) is 0 Å². The molecule has 108 valence electrons. The average molecular weight is 254 g/mol. The van der Waals surface area contributed by atoms with Gasteiger partial charge in [0.15, 0.2) is 0 Å². The minimum atomic E-state index is 0.373. The quantitative estimate of drug-likeness (QED) is 0.813. The molecule has 3 unspecified atom stereocenters. The van der Waals surface area contributed by atoms with Gasteiger partial charge >= 0.3 is 0 Å². The molecular formula is C16H34N2. The van der Waals surface area contributed by atoms with Crippen LogP contribution in [0.4, 0.5) is 0 Å². The van der Waals surface area contributed by atoms with Crippen LogP contribution in [0.2, 0.25) is 0 Å². The molecule has 2 heteroatoms. The minimum absolute atomic E-state index is 0.373. The summed E-state index contributed by atoms with van der Waals surface area (Å²) in [4.78, 5) is 2.51. The molecule has 0 saturated heterocycles. The second kappa shape index (κ2) is 6.38. The zero-order valence-corrected chi connectivity index (χ0v) is 13.4. The van der Waals surface area contributed by atoms with Crippen molar-refractivity contribution >= 4 is 0 Å². The second-order valence-electron chi connectivity index (χ2n) is 7.42. The maximum atomic E-state index is 6.36. The van der Waals surface area contributed by atoms with Crippen molar-refractivity contribution in [1.29, 1.82) is 0 Å². The molecule has 1 rings (SSSR count). The summed E-state index contributed by atoms with van der Waals surface area (Å²) in [5.74, 6) is 1.56. The Morgan fingerprint density at radius 3 is 2.39 bits per heavy atom. The summed E-state index contributed by atoms with van der Waals surface area (Å²) in [5, 5.41) is 0. The molecule has 2 N–H and O–H groups in total. The van der Waals surface area contributed by atoms with Crippen molar-refractivity contribution in [3.05, 3.63) is 0 Å². The lowest BCUT2D eigenvalue weighted by Gasteiger charge is -2.45. The summed E-state index contributed by atoms with van der Waals surface area (Å²) < 4.78 is 0. The van der Waals surface area contributed by atoms with Crippen LogP contribution in [0.15, 0.2) is 0 Å². The van der Waals surface area contributed by atoms with E-state index in [0.717, 1.165) is 18.4 Å². The number of nitrogens with two attached hydrogens (primary N) is 1. The molecule has 18 heavy (non-hydrogen) atoms. The van der Waals surface area contributed by atoms with E-state index in [1.807, 2.05) is 0 Å². The highest BCUT2D eigenvalue weighted by Gasteiger charge is 2.37. The highest BCUT2D eigenvalue weighted by Crippen LogP contribution is 2.41. The van der Waals surface area contributed by atoms with E-state index in [0.29, 0.717) is 17.5 Å². The lowest BCUT2D eigenvalue weighted by molar-refractivity contribution is 0.0679. The lowest BCUT2D eigenvalue weighted by atomic mass is 9.67. The highest BCUT2D eigenvalue weighted by atomic mass is 15.1. The first kappa shape index (κ1) is 16.0. The molecule has 1 fully saturated rings. The maximum absolute atomic E-state index is 6.36. The Bertz CT molecular complexity index is 247. The topological polar surface area (TPSA) is 29.3 Å². The van der Waals surface area contributed by atoms with Gasteiger partial charge in [0.1, 0.15) is 0 Å². The van der Waals surface area contributed by atoms with Crippen molar-refractivity contribution in [2.45, 2.75) is 72.4 Å². The molecule has 0 aliphatic heterocycles. The van der Waals surface area contributed by atoms with Crippen molar-refractivity contribution in [2.75, 3.05) is 13.6 Å². The monoisotopic (exact) mass is 254 g/mol. The second-order valence-corrected chi connectivity index (χ2v) is 7.42. The zero-order valence-electron chi connectivity index (χ0n) is 13.4. The van der Waals surface area contributed by atoms with Crippen LogP contribution in [0.3, 0.4) is 0 Å². The van der Waals surface area contributed by atoms with Crippen molar-refractivity contribution in [2.24, 2.45) is 23.0 Å². The van der Waals surface area contributed by atoms with E-state index in [1.165, 1.54) is 25.7 Å². The van der Waals surface area contributed by atoms with Crippen LogP contribution in [0.1, 0.15) is 60.3 Å². The van der Waals surface area contributed by atoms with Crippen LogP contribution in [-0.4, -0.2) is 30.6 Å². The van der Waals surface area contributed by atoms with Gasteiger partial charge in [0.25, 0.3) is 0 Å². The third-order valence-electron chi connectivity index (χ3n) is 5.10. The molecule has 3 atom stereocenters. The van der Waals surface area contributed by atoms with Crippen LogP contribution < -0.4 is 5.73 Å². The smallest absolute Gasteiger partial charge is 0.0247 e. The summed E-state index contributed by atoms with van der Waals surface area (Å²) in [6.45, 7) is 12.9. The maximum Gasteiger partial charge on any atom is 0.0247 e. The van der Waals surface area contributed by atoms with Gasteiger partial charge < -0.3 is 10.6 Å². The number of likely N-dealkylation sites (N-methyl/N-ethyl adjacent to an activating group) is 1. The van der Waals surface area contributed by atoms with Crippen LogP contribution in [0.5, 0.6) is 0 Å². The van der Waals surface area contributed by atoms with Crippen molar-refractivity contribution in [3.63, 3.8) is 0 Å². The van der Waals surface area contributed by atoms with Gasteiger partial charge in [-0.1, -0.05) is 41.0 Å². The van der Waals surface area contributed by atoms with Gasteiger partial charge in [-0.2, -0.15) is 0 Å². The Morgan fingerprint density at radius 1 is 1.28 bits per heavy atom. The van der Waals surface area contributed by atoms with Gasteiger partial charge in [0.2, 0.25) is 0 Å². The van der Waals surface area contributed by atoms with Crippen molar-refractivity contribution < 1.29 is 0 Å². The first-order chi connectivity index (χ1) is 8.27. The molecular weight excluding hydrogens is 220 g/mol. The first-order valence-corrected chi connectivity index (χ1v) is 7.73. The van der Waals surface area contributed by atoms with Gasteiger partial charge in [-0.15, -0.1) is 0 Å². The molecule has 0 amide bonds. The summed E-state index contributed by atoms with van der Waals surface area (Å²) in [5.41, 5.74) is 6.83. The summed E-state index contributed by atoms with van der Waals surface area (Å²) in [6.07, 6.45) is 5.06. The zero-order chi connectivity index (χ0) is 13.9. The van der Waals surface area contributed by atoms with Crippen LogP contribution in [0.25, 0.3) is 0 Å². The third-order valence-corrected chi connectivity index (χ3v) is 5.10. The van der Waals surface area contributed by atoms with E-state index in [2.05, 4.69) is 46.6 Å². The molecule has 1 aliphatic carbocycles. The predicted molar refractivity (Wildman–Crippen MR) is 80.6 cm³/mol. The van der Waals surface area contributed by atoms with E-state index < -0.39 is 0 Å². The molecule has 1 aliphatic rings. The molecule has 0 spiro atoms. The fourth-order valence-corrected chi connectivity index (χ4v) is 3.39. The van der Waals surface area contributed by atoms with Gasteiger partial charge in [-0.3, -0.25) is 0 Å². The van der Waals surface area contributed by atoms with Gasteiger partial charge in [0, 0.05) is 18.6 Å². The number of nitrogens with zero attached hydrogens (tertiary/aromatic N) is 1. The van der Waals surface area contributed by atoms with E-state index >= 15 is 0 Å². The fraction of sp³-hybridized carbons (Fsp3) is 1.00. The Kier molecular flexibility index (Phi) is 5.67. The van der Waals surface area contributed by atoms with E-state index in [9.17, 15) is 0 Å². The normalized spacial score (nSPS) is 30.2. The third kappa shape index (κ3) is 3.96. The van der Waals surface area contributed by atoms with Crippen LogP contribution in [-0.2, 0) is 0 Å². The highest BCUT2D eigenvalue weighted by molar-refractivity contribution is 4.92. The molecule has 2 nitrogen and oxygen atoms in total. The Morgan fingerprint density at radius 2 is 1.89 bits per heavy atom. The first-order valence-electron chi connectivity index (χ1n) is 7.73. The molecule has 0 radical (unpaired) electrons. The van der Waals surface area contributed by atoms with Crippen molar-refractivity contribution in [1.82, 2.24) is 4.90 Å². The van der Waals surface area contributed by atoms with E-state index in [4.69, 9.17) is 5.73 Å². The SMILES string of the molecule is CCC(C)(C)C1CCC(N)C(N(C)CC(C)C)C1. The molecule has 0 aromatic rings. The Hall–Kier alpha value is -0.0800.